The number of benzene rings is 1. The van der Waals surface area contributed by atoms with E-state index in [0.717, 1.165) is 56.0 Å². The summed E-state index contributed by atoms with van der Waals surface area (Å²) in [6, 6.07) is 6.37. The fraction of sp³-hybridized carbons (Fsp3) is 0.763. The Morgan fingerprint density at radius 2 is 1.47 bits per heavy atom. The summed E-state index contributed by atoms with van der Waals surface area (Å²) < 4.78 is 11.0. The Morgan fingerprint density at radius 1 is 0.956 bits per heavy atom. The van der Waals surface area contributed by atoms with Gasteiger partial charge >= 0.3 is 13.5 Å². The number of hydrogen-bond acceptors (Lipinski definition) is 6. The number of ketones is 2. The van der Waals surface area contributed by atoms with Gasteiger partial charge in [-0.2, -0.15) is 12.6 Å². The van der Waals surface area contributed by atoms with E-state index in [0.29, 0.717) is 17.5 Å². The Morgan fingerprint density at radius 3 is 1.78 bits per heavy atom. The van der Waals surface area contributed by atoms with Crippen molar-refractivity contribution >= 4 is 43.1 Å². The van der Waals surface area contributed by atoms with E-state index >= 15 is 0 Å². The summed E-state index contributed by atoms with van der Waals surface area (Å²) in [5.41, 5.74) is 2.24. The number of carbonyl (C=O) groups is 3. The van der Waals surface area contributed by atoms with Gasteiger partial charge in [-0.05, 0) is 91.7 Å². The molecule has 5 nitrogen and oxygen atoms in total. The molecule has 1 saturated carbocycles. The molecule has 0 aliphatic heterocycles. The lowest BCUT2D eigenvalue weighted by molar-refractivity contribution is -0.159. The van der Waals surface area contributed by atoms with Gasteiger partial charge in [-0.15, -0.1) is 0 Å². The smallest absolute Gasteiger partial charge is 0.330 e. The fourth-order valence-corrected chi connectivity index (χ4v) is 5.18. The van der Waals surface area contributed by atoms with Gasteiger partial charge in [0.25, 0.3) is 0 Å². The maximum Gasteiger partial charge on any atom is 0.330 e. The molecule has 1 radical (unpaired) electrons. The Bertz CT molecular complexity index is 1070. The minimum atomic E-state index is -0.398. The third-order valence-electron chi connectivity index (χ3n) is 8.65. The highest BCUT2D eigenvalue weighted by atomic mass is 32.1. The number of rotatable bonds is 13. The van der Waals surface area contributed by atoms with Crippen LogP contribution in [0.3, 0.4) is 0 Å². The highest BCUT2D eigenvalue weighted by molar-refractivity contribution is 7.81. The summed E-state index contributed by atoms with van der Waals surface area (Å²) in [5.74, 6) is 1.45. The Labute approximate surface area is 283 Å². The van der Waals surface area contributed by atoms with Gasteiger partial charge in [-0.25, -0.2) is 0 Å². The van der Waals surface area contributed by atoms with Crippen LogP contribution in [0.15, 0.2) is 18.2 Å². The molecular weight excluding hydrogens is 579 g/mol. The molecule has 1 aromatic carbocycles. The van der Waals surface area contributed by atoms with Crippen molar-refractivity contribution in [1.29, 1.82) is 0 Å². The zero-order valence-electron chi connectivity index (χ0n) is 31.5. The molecule has 0 bridgehead atoms. The normalized spacial score (nSPS) is 14.8. The summed E-state index contributed by atoms with van der Waals surface area (Å²) in [5, 5.41) is 0. The minimum absolute atomic E-state index is 0.0224. The van der Waals surface area contributed by atoms with E-state index in [1.807, 2.05) is 69.8 Å². The summed E-state index contributed by atoms with van der Waals surface area (Å²) >= 11 is 4.66. The van der Waals surface area contributed by atoms with Crippen molar-refractivity contribution in [3.05, 3.63) is 29.3 Å². The third-order valence-corrected chi connectivity index (χ3v) is 9.19. The van der Waals surface area contributed by atoms with Crippen molar-refractivity contribution in [2.75, 3.05) is 0 Å². The van der Waals surface area contributed by atoms with E-state index in [1.54, 1.807) is 0 Å². The second kappa shape index (κ2) is 18.7. The third kappa shape index (κ3) is 14.4. The number of carbonyl (C=O) groups excluding carboxylic acids is 3. The van der Waals surface area contributed by atoms with Crippen LogP contribution in [0.1, 0.15) is 153 Å². The van der Waals surface area contributed by atoms with Gasteiger partial charge in [0.05, 0.1) is 16.9 Å². The molecule has 7 heteroatoms. The van der Waals surface area contributed by atoms with Crippen LogP contribution in [0, 0.1) is 24.7 Å². The monoisotopic (exact) mass is 645 g/mol. The predicted octanol–water partition coefficient (Wildman–Crippen LogP) is 9.17. The van der Waals surface area contributed by atoms with Crippen LogP contribution >= 0.6 is 12.6 Å². The predicted molar refractivity (Wildman–Crippen MR) is 195 cm³/mol. The van der Waals surface area contributed by atoms with Gasteiger partial charge in [-0.3, -0.25) is 14.4 Å². The summed E-state index contributed by atoms with van der Waals surface area (Å²) in [4.78, 5) is 34.6. The summed E-state index contributed by atoms with van der Waals surface area (Å²) in [7, 11) is 1.82. The molecule has 0 spiro atoms. The van der Waals surface area contributed by atoms with Gasteiger partial charge < -0.3 is 9.39 Å². The van der Waals surface area contributed by atoms with Gasteiger partial charge in [0.2, 0.25) is 0 Å². The van der Waals surface area contributed by atoms with Crippen LogP contribution in [0.2, 0.25) is 0 Å². The number of hydrogen-bond donors (Lipinski definition) is 1. The maximum absolute atomic E-state index is 13.3. The SMILES string of the molecule is CC1CC(=O)C1.CCC(C)C(=O)OC(C)(C)C.CCCC(CCC)(C(=O)C(C)C)c1ccc([B]OC(C)(C)C(C)(C)S)cc1C. The Kier molecular flexibility index (Phi) is 18.0. The Balaban J connectivity index is 0.000000922. The molecule has 1 fully saturated rings. The van der Waals surface area contributed by atoms with Gasteiger partial charge in [-0.1, -0.05) is 85.0 Å². The van der Waals surface area contributed by atoms with Crippen molar-refractivity contribution in [1.82, 2.24) is 0 Å². The minimum Gasteiger partial charge on any atom is -0.460 e. The van der Waals surface area contributed by atoms with Crippen LogP contribution in [0.5, 0.6) is 0 Å². The highest BCUT2D eigenvalue weighted by Crippen LogP contribution is 2.39. The molecular formula is C38H66BO5S. The van der Waals surface area contributed by atoms with Crippen LogP contribution in [0.25, 0.3) is 0 Å². The molecule has 0 amide bonds. The number of esters is 1. The molecule has 1 aromatic rings. The lowest BCUT2D eigenvalue weighted by atomic mass is 9.66. The molecule has 45 heavy (non-hydrogen) atoms. The first kappa shape index (κ1) is 43.4. The number of aryl methyl sites for hydroxylation is 1. The summed E-state index contributed by atoms with van der Waals surface area (Å²) in [6.07, 6.45) is 6.31. The second-order valence-corrected chi connectivity index (χ2v) is 16.5. The van der Waals surface area contributed by atoms with Crippen LogP contribution in [-0.2, 0) is 29.2 Å². The number of thiol groups is 1. The first-order valence-electron chi connectivity index (χ1n) is 17.1. The van der Waals surface area contributed by atoms with E-state index in [-0.39, 0.29) is 33.6 Å². The average Bonchev–Trinajstić information content (AvgIpc) is 2.89. The Hall–Kier alpha value is -1.60. The van der Waals surface area contributed by atoms with E-state index < -0.39 is 5.60 Å². The highest BCUT2D eigenvalue weighted by Gasteiger charge is 2.40. The van der Waals surface area contributed by atoms with Crippen molar-refractivity contribution in [2.45, 2.75) is 170 Å². The quantitative estimate of drug-likeness (QED) is 0.132. The van der Waals surface area contributed by atoms with Crippen LogP contribution in [0.4, 0.5) is 0 Å². The van der Waals surface area contributed by atoms with E-state index in [9.17, 15) is 14.4 Å². The second-order valence-electron chi connectivity index (χ2n) is 15.4. The molecule has 1 unspecified atom stereocenters. The van der Waals surface area contributed by atoms with E-state index in [2.05, 4.69) is 72.4 Å². The first-order chi connectivity index (χ1) is 20.5. The molecule has 0 saturated heterocycles. The van der Waals surface area contributed by atoms with Crippen LogP contribution in [-0.4, -0.2) is 41.0 Å². The van der Waals surface area contributed by atoms with Gasteiger partial charge in [0.15, 0.2) is 0 Å². The zero-order chi connectivity index (χ0) is 35.4. The largest absolute Gasteiger partial charge is 0.460 e. The molecule has 1 aliphatic rings. The van der Waals surface area contributed by atoms with E-state index in [4.69, 9.17) is 9.39 Å². The van der Waals surface area contributed by atoms with Crippen molar-refractivity contribution in [2.24, 2.45) is 17.8 Å². The topological polar surface area (TPSA) is 69.7 Å². The molecule has 2 rings (SSSR count). The number of Topliss-reactive ketones (excluding diaryl/α,β-unsaturated/α-hetero) is 2. The van der Waals surface area contributed by atoms with Crippen molar-refractivity contribution < 1.29 is 23.8 Å². The molecule has 0 N–H and O–H groups in total. The fourth-order valence-electron chi connectivity index (χ4n) is 5.12. The zero-order valence-corrected chi connectivity index (χ0v) is 32.4. The first-order valence-corrected chi connectivity index (χ1v) is 17.6. The maximum atomic E-state index is 13.3. The van der Waals surface area contributed by atoms with E-state index in [1.165, 1.54) is 5.56 Å². The van der Waals surface area contributed by atoms with Crippen LogP contribution < -0.4 is 5.46 Å². The standard InChI is InChI=1S/C24H40BO2S.C9H18O2.C5H8O/c1-10-14-24(15-11-2,21(26)17(3)4)20-13-12-19(16-18(20)5)25-27-22(6,7)23(8,9)28;1-6-7(2)8(10)11-9(3,4)5;1-4-2-5(6)3-4/h12-13,16-17,28H,10-11,14-15H2,1-9H3;7H,6H2,1-5H3;4H,2-3H2,1H3. The van der Waals surface area contributed by atoms with Crippen molar-refractivity contribution in [3.63, 3.8) is 0 Å². The summed E-state index contributed by atoms with van der Waals surface area (Å²) in [6.45, 7) is 30.3. The van der Waals surface area contributed by atoms with Crippen molar-refractivity contribution in [3.8, 4) is 0 Å². The lowest BCUT2D eigenvalue weighted by Crippen LogP contribution is -2.46. The number of ether oxygens (including phenoxy) is 1. The molecule has 0 aromatic heterocycles. The molecule has 1 atom stereocenters. The molecule has 257 valence electrons. The van der Waals surface area contributed by atoms with Gasteiger partial charge in [0, 0.05) is 23.5 Å². The molecule has 0 heterocycles. The molecule has 1 aliphatic carbocycles. The average molecular weight is 646 g/mol. The lowest BCUT2D eigenvalue weighted by Gasteiger charge is -2.38. The van der Waals surface area contributed by atoms with Gasteiger partial charge in [0.1, 0.15) is 17.2 Å².